The highest BCUT2D eigenvalue weighted by Crippen LogP contribution is 2.52. The normalized spacial score (nSPS) is 12.9. The molecule has 0 aliphatic heterocycles. The van der Waals surface area contributed by atoms with Crippen molar-refractivity contribution in [3.63, 3.8) is 0 Å². The van der Waals surface area contributed by atoms with Crippen LogP contribution in [-0.2, 0) is 32.5 Å². The highest BCUT2D eigenvalue weighted by atomic mass is 31.2. The van der Waals surface area contributed by atoms with Gasteiger partial charge in [0.1, 0.15) is 17.2 Å². The molecular weight excluding hydrogens is 800 g/mol. The van der Waals surface area contributed by atoms with Gasteiger partial charge in [0.05, 0.1) is 0 Å². The molecule has 0 bridgehead atoms. The van der Waals surface area contributed by atoms with Crippen molar-refractivity contribution in [2.24, 2.45) is 0 Å². The van der Waals surface area contributed by atoms with Gasteiger partial charge >= 0.3 is 8.60 Å². The Morgan fingerprint density at radius 1 is 0.312 bits per heavy atom. The van der Waals surface area contributed by atoms with Crippen LogP contribution in [0.15, 0.2) is 146 Å². The largest absolute Gasteiger partial charge is 0.530 e. The summed E-state index contributed by atoms with van der Waals surface area (Å²) in [5.41, 5.74) is 9.69. The van der Waals surface area contributed by atoms with Gasteiger partial charge in [-0.2, -0.15) is 0 Å². The lowest BCUT2D eigenvalue weighted by Crippen LogP contribution is -2.24. The van der Waals surface area contributed by atoms with Crippen LogP contribution in [0.3, 0.4) is 0 Å². The fourth-order valence-corrected chi connectivity index (χ4v) is 9.59. The maximum absolute atomic E-state index is 7.27. The van der Waals surface area contributed by atoms with Crippen molar-refractivity contribution < 1.29 is 13.6 Å². The van der Waals surface area contributed by atoms with Crippen LogP contribution in [0.25, 0.3) is 0 Å². The summed E-state index contributed by atoms with van der Waals surface area (Å²) in [6.45, 7) is 34.4. The summed E-state index contributed by atoms with van der Waals surface area (Å²) in [5.74, 6) is 2.34. The van der Waals surface area contributed by atoms with Crippen LogP contribution < -0.4 is 13.6 Å². The van der Waals surface area contributed by atoms with Gasteiger partial charge in [-0.3, -0.25) is 0 Å². The number of hydrogen-bond donors (Lipinski definition) is 0. The third-order valence-corrected chi connectivity index (χ3v) is 16.0. The van der Waals surface area contributed by atoms with Gasteiger partial charge < -0.3 is 13.6 Å². The van der Waals surface area contributed by atoms with E-state index in [4.69, 9.17) is 13.6 Å². The first-order valence-electron chi connectivity index (χ1n) is 23.5. The topological polar surface area (TPSA) is 27.7 Å². The van der Waals surface area contributed by atoms with Gasteiger partial charge in [-0.15, -0.1) is 0 Å². The maximum Gasteiger partial charge on any atom is 0.530 e. The van der Waals surface area contributed by atoms with Gasteiger partial charge in [-0.1, -0.05) is 231 Å². The average molecular weight is 875 g/mol. The Bertz CT molecular complexity index is 2200. The van der Waals surface area contributed by atoms with E-state index in [2.05, 4.69) is 249 Å². The number of hydrogen-bond acceptors (Lipinski definition) is 3. The van der Waals surface area contributed by atoms with E-state index in [1.54, 1.807) is 0 Å². The van der Waals surface area contributed by atoms with Crippen LogP contribution in [0.2, 0.25) is 0 Å². The molecule has 0 aromatic heterocycles. The molecule has 0 amide bonds. The Labute approximate surface area is 389 Å². The van der Waals surface area contributed by atoms with Gasteiger partial charge in [0.2, 0.25) is 0 Å². The summed E-state index contributed by atoms with van der Waals surface area (Å²) in [5, 5.41) is 0. The van der Waals surface area contributed by atoms with E-state index >= 15 is 0 Å². The Morgan fingerprint density at radius 3 is 0.766 bits per heavy atom. The second-order valence-corrected chi connectivity index (χ2v) is 22.3. The smallest absolute Gasteiger partial charge is 0.408 e. The quantitative estimate of drug-likeness (QED) is 0.0805. The van der Waals surface area contributed by atoms with Crippen molar-refractivity contribution in [2.45, 2.75) is 156 Å². The lowest BCUT2D eigenvalue weighted by Gasteiger charge is -2.34. The molecule has 0 saturated carbocycles. The molecule has 0 heterocycles. The summed E-state index contributed by atoms with van der Waals surface area (Å²) in [7, 11) is -2.04. The molecule has 0 unspecified atom stereocenters. The Hall–Kier alpha value is -4.85. The molecule has 6 aromatic rings. The molecule has 0 saturated heterocycles. The van der Waals surface area contributed by atoms with E-state index in [9.17, 15) is 0 Å². The maximum atomic E-state index is 7.27. The van der Waals surface area contributed by atoms with Gasteiger partial charge in [0.15, 0.2) is 0 Å². The second kappa shape index (κ2) is 18.9. The summed E-state index contributed by atoms with van der Waals surface area (Å²) in [6.07, 6.45) is 2.79. The van der Waals surface area contributed by atoms with Crippen LogP contribution in [0.5, 0.6) is 17.2 Å². The predicted octanol–water partition coefficient (Wildman–Crippen LogP) is 17.5. The second-order valence-electron chi connectivity index (χ2n) is 21.3. The van der Waals surface area contributed by atoms with Gasteiger partial charge in [0.25, 0.3) is 0 Å². The molecule has 64 heavy (non-hydrogen) atoms. The molecule has 6 rings (SSSR count). The van der Waals surface area contributed by atoms with Crippen molar-refractivity contribution >= 4 is 8.60 Å². The monoisotopic (exact) mass is 875 g/mol. The minimum absolute atomic E-state index is 0.195. The average Bonchev–Trinajstić information content (AvgIpc) is 3.29. The standard InChI is InChI=1S/C60H75O3P/c1-16-55(4,5)49-40-46(58(10,11)43-28-22-19-23-29-43)34-37-52(49)61-64(62-53-38-35-47(41-50(53)56(6,7)17-2)59(12,13)44-30-24-20-25-31-44)63-54-39-36-48(42-51(54)57(8,9)18-3)60(14,15)45-32-26-21-27-33-45/h19-42H,16-18H2,1-15H3. The van der Waals surface area contributed by atoms with Gasteiger partial charge in [-0.05, 0) is 87.1 Å². The van der Waals surface area contributed by atoms with Crippen LogP contribution >= 0.6 is 8.60 Å². The predicted molar refractivity (Wildman–Crippen MR) is 274 cm³/mol. The molecule has 0 N–H and O–H groups in total. The zero-order valence-corrected chi connectivity index (χ0v) is 42.5. The fourth-order valence-electron chi connectivity index (χ4n) is 8.51. The third kappa shape index (κ3) is 10.2. The third-order valence-electron chi connectivity index (χ3n) is 14.9. The Morgan fingerprint density at radius 2 is 0.547 bits per heavy atom. The van der Waals surface area contributed by atoms with E-state index < -0.39 is 8.60 Å². The van der Waals surface area contributed by atoms with E-state index in [1.807, 2.05) is 0 Å². The zero-order valence-electron chi connectivity index (χ0n) is 41.6. The fraction of sp³-hybridized carbons (Fsp3) is 0.400. The first-order valence-corrected chi connectivity index (χ1v) is 24.6. The lowest BCUT2D eigenvalue weighted by atomic mass is 9.74. The Kier molecular flexibility index (Phi) is 14.4. The summed E-state index contributed by atoms with van der Waals surface area (Å²) < 4.78 is 21.8. The SMILES string of the molecule is CCC(C)(C)c1cc(C(C)(C)c2ccccc2)ccc1OP(Oc1ccc(C(C)(C)c2ccccc2)cc1C(C)(C)CC)Oc1ccc(C(C)(C)c2ccccc2)cc1C(C)(C)CC. The minimum atomic E-state index is -2.04. The summed E-state index contributed by atoms with van der Waals surface area (Å²) >= 11 is 0. The van der Waals surface area contributed by atoms with E-state index in [0.717, 1.165) is 53.2 Å². The molecule has 338 valence electrons. The molecule has 0 radical (unpaired) electrons. The molecule has 4 heteroatoms. The molecule has 6 aromatic carbocycles. The molecular formula is C60H75O3P. The van der Waals surface area contributed by atoms with Crippen LogP contribution in [0.1, 0.15) is 173 Å². The van der Waals surface area contributed by atoms with Crippen molar-refractivity contribution in [3.05, 3.63) is 196 Å². The molecule has 0 aliphatic rings. The van der Waals surface area contributed by atoms with Crippen molar-refractivity contribution in [1.29, 1.82) is 0 Å². The lowest BCUT2D eigenvalue weighted by molar-refractivity contribution is 0.365. The summed E-state index contributed by atoms with van der Waals surface area (Å²) in [6, 6.07) is 52.5. The van der Waals surface area contributed by atoms with E-state index in [0.29, 0.717) is 0 Å². The molecule has 3 nitrogen and oxygen atoms in total. The summed E-state index contributed by atoms with van der Waals surface area (Å²) in [4.78, 5) is 0. The molecule has 0 spiro atoms. The highest BCUT2D eigenvalue weighted by Gasteiger charge is 2.36. The van der Waals surface area contributed by atoms with Crippen LogP contribution in [0.4, 0.5) is 0 Å². The molecule has 0 fully saturated rings. The van der Waals surface area contributed by atoms with E-state index in [1.165, 1.54) is 33.4 Å². The Balaban J connectivity index is 1.52. The van der Waals surface area contributed by atoms with Crippen molar-refractivity contribution in [1.82, 2.24) is 0 Å². The molecule has 0 aliphatic carbocycles. The number of benzene rings is 6. The van der Waals surface area contributed by atoms with E-state index in [-0.39, 0.29) is 32.5 Å². The van der Waals surface area contributed by atoms with Crippen molar-refractivity contribution in [3.8, 4) is 17.2 Å². The minimum Gasteiger partial charge on any atom is -0.408 e. The van der Waals surface area contributed by atoms with Crippen molar-refractivity contribution in [2.75, 3.05) is 0 Å². The highest BCUT2D eigenvalue weighted by molar-refractivity contribution is 7.43. The van der Waals surface area contributed by atoms with Crippen LogP contribution in [-0.4, -0.2) is 0 Å². The van der Waals surface area contributed by atoms with Crippen LogP contribution in [0, 0.1) is 0 Å². The number of rotatable bonds is 18. The first kappa shape index (κ1) is 48.6. The molecule has 0 atom stereocenters. The van der Waals surface area contributed by atoms with Gasteiger partial charge in [-0.25, -0.2) is 0 Å². The first-order chi connectivity index (χ1) is 30.1. The zero-order chi connectivity index (χ0) is 46.7. The van der Waals surface area contributed by atoms with Gasteiger partial charge in [0, 0.05) is 32.9 Å².